The van der Waals surface area contributed by atoms with E-state index >= 15 is 0 Å². The molecule has 0 spiro atoms. The SMILES string of the molecule is CCn1/c(=C/C=C2CC/C(=C/C=c3\c4cccc5cccc(c54)n3CC)C2=C2C(=O)N(C)C(=O)N(C(C)COC)C2=O)c2cccc3cccc1c32. The molecule has 8 rings (SSSR count). The highest BCUT2D eigenvalue weighted by Crippen LogP contribution is 2.40. The Labute approximate surface area is 302 Å². The first-order chi connectivity index (χ1) is 25.3. The number of hydrogen-bond acceptors (Lipinski definition) is 4. The van der Waals surface area contributed by atoms with Gasteiger partial charge in [0, 0.05) is 70.5 Å². The molecule has 0 bridgehead atoms. The minimum Gasteiger partial charge on any atom is -0.383 e. The third kappa shape index (κ3) is 5.04. The molecule has 6 aromatic rings. The minimum atomic E-state index is -0.645. The maximum Gasteiger partial charge on any atom is 0.334 e. The van der Waals surface area contributed by atoms with Crippen molar-refractivity contribution >= 4 is 73.3 Å². The van der Waals surface area contributed by atoms with Crippen molar-refractivity contribution in [3.63, 3.8) is 0 Å². The molecule has 4 aromatic carbocycles. The van der Waals surface area contributed by atoms with Crippen LogP contribution in [0.15, 0.2) is 107 Å². The molecular formula is C44H42N4O4. The van der Waals surface area contributed by atoms with E-state index in [0.29, 0.717) is 18.4 Å². The number of imide groups is 2. The molecule has 52 heavy (non-hydrogen) atoms. The number of methoxy groups -OCH3 is 1. The number of ether oxygens (including phenoxy) is 1. The first-order valence-corrected chi connectivity index (χ1v) is 18.1. The zero-order chi connectivity index (χ0) is 36.3. The van der Waals surface area contributed by atoms with Gasteiger partial charge in [-0.15, -0.1) is 0 Å². The Hall–Kier alpha value is -5.73. The van der Waals surface area contributed by atoms with E-state index < -0.39 is 23.9 Å². The van der Waals surface area contributed by atoms with Crippen molar-refractivity contribution in [3.8, 4) is 0 Å². The summed E-state index contributed by atoms with van der Waals surface area (Å²) in [4.78, 5) is 44.1. The molecule has 2 aliphatic rings. The molecule has 1 aliphatic carbocycles. The average molecular weight is 691 g/mol. The molecule has 1 saturated carbocycles. The van der Waals surface area contributed by atoms with Gasteiger partial charge in [-0.3, -0.25) is 19.4 Å². The highest BCUT2D eigenvalue weighted by atomic mass is 16.5. The first kappa shape index (κ1) is 33.4. The van der Waals surface area contributed by atoms with Gasteiger partial charge in [0.05, 0.1) is 12.6 Å². The molecule has 1 unspecified atom stereocenters. The van der Waals surface area contributed by atoms with E-state index in [1.807, 2.05) is 0 Å². The fraction of sp³-hybridized carbons (Fsp3) is 0.250. The van der Waals surface area contributed by atoms with Crippen LogP contribution in [-0.4, -0.2) is 63.6 Å². The maximum absolute atomic E-state index is 14.4. The van der Waals surface area contributed by atoms with Crippen LogP contribution in [0.4, 0.5) is 4.79 Å². The van der Waals surface area contributed by atoms with Crippen molar-refractivity contribution in [1.82, 2.24) is 18.9 Å². The Morgan fingerprint density at radius 1 is 0.673 bits per heavy atom. The van der Waals surface area contributed by atoms with Crippen LogP contribution in [0.2, 0.25) is 0 Å². The summed E-state index contributed by atoms with van der Waals surface area (Å²) < 4.78 is 9.96. The number of urea groups is 1. The van der Waals surface area contributed by atoms with Crippen LogP contribution in [0.5, 0.6) is 0 Å². The van der Waals surface area contributed by atoms with Crippen molar-refractivity contribution in [3.05, 3.63) is 118 Å². The summed E-state index contributed by atoms with van der Waals surface area (Å²) in [6, 6.07) is 24.3. The standard InChI is InChI=1S/C44H42N4O4/c1-6-46-34(32-16-8-12-28-14-10-18-36(46)39(28)32)24-22-30-20-21-31(38(30)41-42(49)45(4)44(51)48(43(41)50)27(3)26-52-5)23-25-35-33-17-9-13-29-15-11-19-37(40(29)33)47(35)7-2/h8-19,22-25,27H,6-7,20-21,26H2,1-5H3/b30-22-,31-23?,34-24+,35-25+,41-38?. The molecule has 0 N–H and O–H groups in total. The largest absolute Gasteiger partial charge is 0.383 e. The molecule has 1 atom stereocenters. The molecular weight excluding hydrogens is 649 g/mol. The lowest BCUT2D eigenvalue weighted by Gasteiger charge is -2.36. The highest BCUT2D eigenvalue weighted by molar-refractivity contribution is 6.30. The molecule has 262 valence electrons. The summed E-state index contributed by atoms with van der Waals surface area (Å²) in [5.74, 6) is -1.18. The van der Waals surface area contributed by atoms with E-state index in [1.54, 1.807) is 6.92 Å². The predicted octanol–water partition coefficient (Wildman–Crippen LogP) is 7.04. The fourth-order valence-electron chi connectivity index (χ4n) is 8.48. The fourth-order valence-corrected chi connectivity index (χ4v) is 8.48. The zero-order valence-corrected chi connectivity index (χ0v) is 30.3. The lowest BCUT2D eigenvalue weighted by molar-refractivity contribution is -0.137. The molecule has 8 nitrogen and oxygen atoms in total. The van der Waals surface area contributed by atoms with Gasteiger partial charge in [0.2, 0.25) is 0 Å². The minimum absolute atomic E-state index is 0.0187. The first-order valence-electron chi connectivity index (χ1n) is 18.1. The van der Waals surface area contributed by atoms with E-state index in [9.17, 15) is 14.4 Å². The predicted molar refractivity (Wildman–Crippen MR) is 208 cm³/mol. The smallest absolute Gasteiger partial charge is 0.334 e. The molecule has 8 heteroatoms. The Morgan fingerprint density at radius 2 is 1.15 bits per heavy atom. The summed E-state index contributed by atoms with van der Waals surface area (Å²) >= 11 is 0. The molecule has 3 heterocycles. The van der Waals surface area contributed by atoms with Gasteiger partial charge in [0.1, 0.15) is 5.57 Å². The molecule has 4 amide bonds. The Balaban J connectivity index is 1.38. The summed E-state index contributed by atoms with van der Waals surface area (Å²) in [5.41, 5.74) is 4.74. The number of rotatable bonds is 7. The van der Waals surface area contributed by atoms with Crippen molar-refractivity contribution in [2.24, 2.45) is 0 Å². The van der Waals surface area contributed by atoms with Crippen molar-refractivity contribution in [1.29, 1.82) is 0 Å². The summed E-state index contributed by atoms with van der Waals surface area (Å²) in [7, 11) is 2.98. The van der Waals surface area contributed by atoms with Crippen LogP contribution in [-0.2, 0) is 27.4 Å². The van der Waals surface area contributed by atoms with Crippen LogP contribution in [0, 0.1) is 0 Å². The Kier molecular flexibility index (Phi) is 8.42. The zero-order valence-electron chi connectivity index (χ0n) is 30.3. The number of aromatic nitrogens is 2. The number of barbiturate groups is 1. The third-order valence-corrected chi connectivity index (χ3v) is 10.8. The third-order valence-electron chi connectivity index (χ3n) is 10.8. The summed E-state index contributed by atoms with van der Waals surface area (Å²) in [6.45, 7) is 7.78. The van der Waals surface area contributed by atoms with Crippen LogP contribution in [0.1, 0.15) is 33.6 Å². The van der Waals surface area contributed by atoms with E-state index in [-0.39, 0.29) is 12.2 Å². The molecule has 0 radical (unpaired) electrons. The summed E-state index contributed by atoms with van der Waals surface area (Å²) in [5, 5.41) is 9.29. The van der Waals surface area contributed by atoms with Crippen LogP contribution in [0.25, 0.3) is 55.5 Å². The van der Waals surface area contributed by atoms with Gasteiger partial charge < -0.3 is 13.9 Å². The van der Waals surface area contributed by atoms with Crippen LogP contribution in [0.3, 0.4) is 0 Å². The van der Waals surface area contributed by atoms with E-state index in [1.165, 1.54) is 46.7 Å². The Bertz CT molecular complexity index is 2510. The van der Waals surface area contributed by atoms with E-state index in [4.69, 9.17) is 4.74 Å². The maximum atomic E-state index is 14.4. The van der Waals surface area contributed by atoms with E-state index in [2.05, 4.69) is 120 Å². The lowest BCUT2D eigenvalue weighted by Crippen LogP contribution is -2.58. The molecule has 1 aliphatic heterocycles. The molecule has 2 aromatic heterocycles. The number of allylic oxidation sites excluding steroid dienone is 5. The van der Waals surface area contributed by atoms with Crippen molar-refractivity contribution in [2.45, 2.75) is 52.7 Å². The number of hydrogen-bond donors (Lipinski definition) is 0. The van der Waals surface area contributed by atoms with Gasteiger partial charge in [-0.25, -0.2) is 4.79 Å². The number of benzene rings is 4. The van der Waals surface area contributed by atoms with Gasteiger partial charge in [0.25, 0.3) is 11.8 Å². The van der Waals surface area contributed by atoms with Gasteiger partial charge in [-0.1, -0.05) is 72.8 Å². The number of amides is 4. The van der Waals surface area contributed by atoms with Gasteiger partial charge in [-0.05, 0) is 85.4 Å². The van der Waals surface area contributed by atoms with Crippen molar-refractivity contribution in [2.75, 3.05) is 20.8 Å². The van der Waals surface area contributed by atoms with Gasteiger partial charge in [-0.2, -0.15) is 0 Å². The van der Waals surface area contributed by atoms with E-state index in [0.717, 1.165) is 55.5 Å². The quantitative estimate of drug-likeness (QED) is 0.133. The number of carbonyl (C=O) groups excluding carboxylic acids is 3. The summed E-state index contributed by atoms with van der Waals surface area (Å²) in [6.07, 6.45) is 9.67. The second-order valence-corrected chi connectivity index (χ2v) is 13.7. The second-order valence-electron chi connectivity index (χ2n) is 13.7. The molecule has 1 saturated heterocycles. The highest BCUT2D eigenvalue weighted by Gasteiger charge is 2.45. The molecule has 2 fully saturated rings. The van der Waals surface area contributed by atoms with Crippen LogP contribution >= 0.6 is 0 Å². The van der Waals surface area contributed by atoms with Gasteiger partial charge >= 0.3 is 6.03 Å². The Morgan fingerprint density at radius 3 is 1.62 bits per heavy atom. The number of nitrogens with zero attached hydrogens (tertiary/aromatic N) is 4. The van der Waals surface area contributed by atoms with Crippen molar-refractivity contribution < 1.29 is 19.1 Å². The van der Waals surface area contributed by atoms with Gasteiger partial charge in [0.15, 0.2) is 0 Å². The number of likely N-dealkylation sites (N-methyl/N-ethyl adjacent to an activating group) is 1. The average Bonchev–Trinajstić information content (AvgIpc) is 3.80. The topological polar surface area (TPSA) is 76.8 Å². The normalized spacial score (nSPS) is 20.2. The van der Waals surface area contributed by atoms with Crippen LogP contribution < -0.4 is 10.7 Å². The lowest BCUT2D eigenvalue weighted by atomic mass is 9.94. The monoisotopic (exact) mass is 690 g/mol. The number of carbonyl (C=O) groups is 3. The second kappa shape index (κ2) is 13.1. The number of aryl methyl sites for hydroxylation is 2.